The quantitative estimate of drug-likeness (QED) is 0.690. The van der Waals surface area contributed by atoms with Crippen LogP contribution in [0.2, 0.25) is 0 Å². The zero-order chi connectivity index (χ0) is 16.4. The van der Waals surface area contributed by atoms with Gasteiger partial charge in [0.2, 0.25) is 0 Å². The molecule has 0 radical (unpaired) electrons. The zero-order valence-electron chi connectivity index (χ0n) is 13.0. The van der Waals surface area contributed by atoms with E-state index in [1.54, 1.807) is 25.3 Å². The Bertz CT molecular complexity index is 871. The Kier molecular flexibility index (Phi) is 4.10. The molecule has 0 aliphatic carbocycles. The third-order valence-corrected chi connectivity index (χ3v) is 3.65. The first-order valence-corrected chi connectivity index (χ1v) is 7.46. The average molecular weight is 312 g/mol. The maximum absolute atomic E-state index is 13.5. The van der Waals surface area contributed by atoms with Crippen molar-refractivity contribution < 1.29 is 13.9 Å². The number of aryl methyl sites for hydroxylation is 1. The van der Waals surface area contributed by atoms with E-state index in [-0.39, 0.29) is 5.82 Å². The van der Waals surface area contributed by atoms with Crippen molar-refractivity contribution >= 4 is 16.9 Å². The van der Waals surface area contributed by atoms with Crippen molar-refractivity contribution in [3.05, 3.63) is 65.4 Å². The number of hydrogen-bond donors (Lipinski definition) is 0. The highest BCUT2D eigenvalue weighted by Crippen LogP contribution is 2.23. The van der Waals surface area contributed by atoms with E-state index in [0.717, 1.165) is 16.8 Å². The molecule has 0 aliphatic rings. The number of fused-ring (bicyclic) bond motifs is 1. The minimum Gasteiger partial charge on any atom is -0.461 e. The molecule has 1 aromatic carbocycles. The zero-order valence-corrected chi connectivity index (χ0v) is 13.0. The van der Waals surface area contributed by atoms with E-state index >= 15 is 0 Å². The number of carbonyl (C=O) groups is 1. The van der Waals surface area contributed by atoms with Crippen molar-refractivity contribution in [3.8, 4) is 0 Å². The molecular formula is C18H17FN2O2. The van der Waals surface area contributed by atoms with Crippen LogP contribution in [-0.4, -0.2) is 22.1 Å². The third-order valence-electron chi connectivity index (χ3n) is 3.65. The second kappa shape index (κ2) is 6.20. The number of pyridine rings is 1. The lowest BCUT2D eigenvalue weighted by Crippen LogP contribution is -2.13. The molecule has 0 saturated heterocycles. The topological polar surface area (TPSA) is 44.1 Å². The van der Waals surface area contributed by atoms with E-state index in [2.05, 4.69) is 4.98 Å². The molecular weight excluding hydrogens is 295 g/mol. The first-order valence-electron chi connectivity index (χ1n) is 7.46. The number of nitrogens with zero attached hydrogens (tertiary/aromatic N) is 2. The van der Waals surface area contributed by atoms with Gasteiger partial charge in [-0.25, -0.2) is 9.18 Å². The van der Waals surface area contributed by atoms with E-state index in [1.165, 1.54) is 12.1 Å². The Balaban J connectivity index is 2.11. The molecule has 3 rings (SSSR count). The van der Waals surface area contributed by atoms with Gasteiger partial charge < -0.3 is 9.30 Å². The molecule has 0 N–H and O–H groups in total. The smallest absolute Gasteiger partial charge is 0.354 e. The summed E-state index contributed by atoms with van der Waals surface area (Å²) in [6.45, 7) is 4.46. The number of aromatic nitrogens is 2. The Morgan fingerprint density at radius 2 is 2.09 bits per heavy atom. The van der Waals surface area contributed by atoms with Gasteiger partial charge in [-0.3, -0.25) is 4.98 Å². The molecule has 4 nitrogen and oxygen atoms in total. The monoisotopic (exact) mass is 312 g/mol. The van der Waals surface area contributed by atoms with Crippen molar-refractivity contribution in [1.29, 1.82) is 0 Å². The van der Waals surface area contributed by atoms with Crippen molar-refractivity contribution in [3.63, 3.8) is 0 Å². The molecule has 0 unspecified atom stereocenters. The lowest BCUT2D eigenvalue weighted by Gasteiger charge is -2.10. The van der Waals surface area contributed by atoms with E-state index in [1.807, 2.05) is 23.6 Å². The van der Waals surface area contributed by atoms with Crippen molar-refractivity contribution in [2.24, 2.45) is 0 Å². The van der Waals surface area contributed by atoms with E-state index < -0.39 is 5.97 Å². The molecule has 118 valence electrons. The van der Waals surface area contributed by atoms with Gasteiger partial charge in [0.05, 0.1) is 6.61 Å². The van der Waals surface area contributed by atoms with Gasteiger partial charge >= 0.3 is 5.97 Å². The molecule has 5 heteroatoms. The molecule has 0 spiro atoms. The van der Waals surface area contributed by atoms with Crippen molar-refractivity contribution in [1.82, 2.24) is 9.55 Å². The van der Waals surface area contributed by atoms with Gasteiger partial charge in [-0.05, 0) is 55.8 Å². The predicted molar refractivity (Wildman–Crippen MR) is 85.9 cm³/mol. The lowest BCUT2D eigenvalue weighted by atomic mass is 10.2. The number of hydrogen-bond acceptors (Lipinski definition) is 3. The molecule has 0 aliphatic heterocycles. The minimum atomic E-state index is -0.408. The predicted octanol–water partition coefficient (Wildman–Crippen LogP) is 3.71. The van der Waals surface area contributed by atoms with Crippen LogP contribution in [-0.2, 0) is 11.3 Å². The Morgan fingerprint density at radius 3 is 2.83 bits per heavy atom. The highest BCUT2D eigenvalue weighted by atomic mass is 19.1. The van der Waals surface area contributed by atoms with Crippen LogP contribution in [0, 0.1) is 12.7 Å². The van der Waals surface area contributed by atoms with Crippen LogP contribution >= 0.6 is 0 Å². The van der Waals surface area contributed by atoms with Gasteiger partial charge in [-0.2, -0.15) is 0 Å². The van der Waals surface area contributed by atoms with Crippen LogP contribution in [0.4, 0.5) is 4.39 Å². The summed E-state index contributed by atoms with van der Waals surface area (Å²) < 4.78 is 20.4. The fourth-order valence-electron chi connectivity index (χ4n) is 2.67. The summed E-state index contributed by atoms with van der Waals surface area (Å²) >= 11 is 0. The average Bonchev–Trinajstić information content (AvgIpc) is 2.85. The van der Waals surface area contributed by atoms with Crippen LogP contribution in [0.3, 0.4) is 0 Å². The number of ether oxygens (including phenoxy) is 1. The molecule has 0 saturated carbocycles. The molecule has 23 heavy (non-hydrogen) atoms. The van der Waals surface area contributed by atoms with Gasteiger partial charge in [0.1, 0.15) is 11.5 Å². The van der Waals surface area contributed by atoms with E-state index in [0.29, 0.717) is 24.2 Å². The van der Waals surface area contributed by atoms with Gasteiger partial charge in [0.25, 0.3) is 0 Å². The fourth-order valence-corrected chi connectivity index (χ4v) is 2.67. The second-order valence-corrected chi connectivity index (χ2v) is 5.34. The molecule has 2 heterocycles. The Hall–Kier alpha value is -2.69. The van der Waals surface area contributed by atoms with Gasteiger partial charge in [-0.15, -0.1) is 0 Å². The summed E-state index contributed by atoms with van der Waals surface area (Å²) in [5.74, 6) is -0.736. The van der Waals surface area contributed by atoms with Crippen molar-refractivity contribution in [2.45, 2.75) is 20.4 Å². The standard InChI is InChI=1S/C18H17FN2O2/c1-3-23-18(22)17-10-14-9-15(19)4-5-16(14)21(17)11-13-6-7-20-12(2)8-13/h4-10H,3,11H2,1-2H3. The van der Waals surface area contributed by atoms with E-state index in [9.17, 15) is 9.18 Å². The second-order valence-electron chi connectivity index (χ2n) is 5.34. The molecule has 3 aromatic rings. The maximum atomic E-state index is 13.5. The Labute approximate surface area is 133 Å². The van der Waals surface area contributed by atoms with Crippen LogP contribution < -0.4 is 0 Å². The summed E-state index contributed by atoms with van der Waals surface area (Å²) in [4.78, 5) is 16.4. The maximum Gasteiger partial charge on any atom is 0.354 e. The summed E-state index contributed by atoms with van der Waals surface area (Å²) in [6, 6.07) is 10.0. The van der Waals surface area contributed by atoms with Gasteiger partial charge in [-0.1, -0.05) is 0 Å². The van der Waals surface area contributed by atoms with Gasteiger partial charge in [0.15, 0.2) is 0 Å². The number of carbonyl (C=O) groups excluding carboxylic acids is 1. The molecule has 0 amide bonds. The molecule has 2 aromatic heterocycles. The van der Waals surface area contributed by atoms with Crippen LogP contribution in [0.5, 0.6) is 0 Å². The number of halogens is 1. The Morgan fingerprint density at radius 1 is 1.26 bits per heavy atom. The highest BCUT2D eigenvalue weighted by Gasteiger charge is 2.17. The number of rotatable bonds is 4. The molecule has 0 bridgehead atoms. The summed E-state index contributed by atoms with van der Waals surface area (Å²) in [7, 11) is 0. The SMILES string of the molecule is CCOC(=O)c1cc2cc(F)ccc2n1Cc1ccnc(C)c1. The van der Waals surface area contributed by atoms with Gasteiger partial charge in [0, 0.05) is 29.3 Å². The lowest BCUT2D eigenvalue weighted by molar-refractivity contribution is 0.0515. The normalized spacial score (nSPS) is 10.9. The highest BCUT2D eigenvalue weighted by molar-refractivity contribution is 5.95. The number of benzene rings is 1. The largest absolute Gasteiger partial charge is 0.461 e. The number of esters is 1. The summed E-state index contributed by atoms with van der Waals surface area (Å²) in [6.07, 6.45) is 1.74. The molecule has 0 fully saturated rings. The van der Waals surface area contributed by atoms with E-state index in [4.69, 9.17) is 4.74 Å². The van der Waals surface area contributed by atoms with Crippen molar-refractivity contribution in [2.75, 3.05) is 6.61 Å². The molecule has 0 atom stereocenters. The summed E-state index contributed by atoms with van der Waals surface area (Å²) in [5.41, 5.74) is 3.14. The summed E-state index contributed by atoms with van der Waals surface area (Å²) in [5, 5.41) is 0.679. The fraction of sp³-hybridized carbons (Fsp3) is 0.222. The minimum absolute atomic E-state index is 0.295. The van der Waals surface area contributed by atoms with Crippen LogP contribution in [0.15, 0.2) is 42.6 Å². The van der Waals surface area contributed by atoms with Crippen LogP contribution in [0.25, 0.3) is 10.9 Å². The first-order chi connectivity index (χ1) is 11.1. The third kappa shape index (κ3) is 3.08. The van der Waals surface area contributed by atoms with Crippen LogP contribution in [0.1, 0.15) is 28.7 Å². The first kappa shape index (κ1) is 15.2.